The molecular weight excluding hydrogens is 240 g/mol. The first-order valence-electron chi connectivity index (χ1n) is 5.85. The monoisotopic (exact) mass is 258 g/mol. The van der Waals surface area contributed by atoms with Crippen molar-refractivity contribution in [3.63, 3.8) is 0 Å². The molecule has 0 saturated heterocycles. The second kappa shape index (κ2) is 7.58. The molecule has 0 fully saturated rings. The first kappa shape index (κ1) is 16.3. The molecule has 0 aliphatic carbocycles. The normalized spacial score (nSPS) is 13.3. The summed E-state index contributed by atoms with van der Waals surface area (Å²) in [5.41, 5.74) is 0. The van der Waals surface area contributed by atoms with Crippen molar-refractivity contribution in [2.24, 2.45) is 11.8 Å². The second-order valence-corrected chi connectivity index (χ2v) is 4.04. The molecule has 2 unspecified atom stereocenters. The predicted molar refractivity (Wildman–Crippen MR) is 61.1 cm³/mol. The van der Waals surface area contributed by atoms with Crippen LogP contribution in [0.3, 0.4) is 0 Å². The van der Waals surface area contributed by atoms with Crippen LogP contribution in [0.4, 0.5) is 0 Å². The number of hydrogen-bond acceptors (Lipinski definition) is 6. The van der Waals surface area contributed by atoms with Gasteiger partial charge in [0.05, 0.1) is 11.8 Å². The summed E-state index contributed by atoms with van der Waals surface area (Å²) in [4.78, 5) is 44.8. The van der Waals surface area contributed by atoms with Gasteiger partial charge >= 0.3 is 23.9 Å². The van der Waals surface area contributed by atoms with E-state index in [0.29, 0.717) is 12.8 Å². The molecule has 0 spiro atoms. The highest BCUT2D eigenvalue weighted by Crippen LogP contribution is 2.06. The maximum absolute atomic E-state index is 11.2. The summed E-state index contributed by atoms with van der Waals surface area (Å²) in [6.07, 6.45) is 0.958. The van der Waals surface area contributed by atoms with Gasteiger partial charge in [-0.15, -0.1) is 0 Å². The van der Waals surface area contributed by atoms with E-state index in [-0.39, 0.29) is 0 Å². The average Bonchev–Trinajstić information content (AvgIpc) is 2.35. The van der Waals surface area contributed by atoms with Gasteiger partial charge in [0.25, 0.3) is 0 Å². The van der Waals surface area contributed by atoms with Crippen LogP contribution in [0.25, 0.3) is 0 Å². The van der Waals surface area contributed by atoms with Crippen LogP contribution >= 0.6 is 0 Å². The molecule has 6 nitrogen and oxygen atoms in total. The van der Waals surface area contributed by atoms with Crippen LogP contribution in [0.15, 0.2) is 0 Å². The maximum atomic E-state index is 11.2. The topological polar surface area (TPSA) is 86.7 Å². The Labute approximate surface area is 106 Å². The number of esters is 4. The van der Waals surface area contributed by atoms with E-state index >= 15 is 0 Å². The summed E-state index contributed by atoms with van der Waals surface area (Å²) in [5, 5.41) is 0. The Morgan fingerprint density at radius 1 is 0.778 bits per heavy atom. The lowest BCUT2D eigenvalue weighted by atomic mass is 10.1. The second-order valence-electron chi connectivity index (χ2n) is 4.04. The fraction of sp³-hybridized carbons (Fsp3) is 0.667. The predicted octanol–water partition coefficient (Wildman–Crippen LogP) is 1.22. The zero-order valence-corrected chi connectivity index (χ0v) is 11.0. The van der Waals surface area contributed by atoms with E-state index in [9.17, 15) is 19.2 Å². The third kappa shape index (κ3) is 5.07. The van der Waals surface area contributed by atoms with Crippen molar-refractivity contribution in [1.82, 2.24) is 0 Å². The first-order chi connectivity index (χ1) is 8.33. The van der Waals surface area contributed by atoms with Crippen molar-refractivity contribution < 1.29 is 28.7 Å². The molecular formula is C12H18O6. The van der Waals surface area contributed by atoms with Crippen LogP contribution in [0.1, 0.15) is 40.5 Å². The molecule has 0 aromatic carbocycles. The van der Waals surface area contributed by atoms with Crippen LogP contribution in [0.5, 0.6) is 0 Å². The quantitative estimate of drug-likeness (QED) is 0.428. The Balaban J connectivity index is 4.32. The minimum Gasteiger partial charge on any atom is -0.384 e. The molecule has 18 heavy (non-hydrogen) atoms. The smallest absolute Gasteiger partial charge is 0.384 e. The van der Waals surface area contributed by atoms with E-state index in [2.05, 4.69) is 9.47 Å². The summed E-state index contributed by atoms with van der Waals surface area (Å²) < 4.78 is 8.55. The fourth-order valence-corrected chi connectivity index (χ4v) is 0.801. The van der Waals surface area contributed by atoms with Crippen molar-refractivity contribution in [1.29, 1.82) is 0 Å². The SMILES string of the molecule is CCC(C)C(=O)OC(=O)C(=O)OC(=O)C(C)CC. The molecule has 0 rings (SSSR count). The molecule has 102 valence electrons. The number of carbonyl (C=O) groups is 4. The third-order valence-corrected chi connectivity index (χ3v) is 2.58. The third-order valence-electron chi connectivity index (χ3n) is 2.58. The number of rotatable bonds is 4. The molecule has 0 aliphatic heterocycles. The molecule has 0 aromatic heterocycles. The summed E-state index contributed by atoms with van der Waals surface area (Å²) in [5.74, 6) is -5.53. The Bertz CT molecular complexity index is 312. The average molecular weight is 258 g/mol. The van der Waals surface area contributed by atoms with Gasteiger partial charge in [-0.3, -0.25) is 9.59 Å². The Morgan fingerprint density at radius 3 is 1.28 bits per heavy atom. The van der Waals surface area contributed by atoms with Gasteiger partial charge < -0.3 is 9.47 Å². The van der Waals surface area contributed by atoms with Crippen molar-refractivity contribution in [3.8, 4) is 0 Å². The Morgan fingerprint density at radius 2 is 1.06 bits per heavy atom. The van der Waals surface area contributed by atoms with Crippen LogP contribution in [0, 0.1) is 11.8 Å². The lowest BCUT2D eigenvalue weighted by molar-refractivity contribution is -0.179. The standard InChI is InChI=1S/C12H18O6/c1-5-7(3)9(13)17-11(15)12(16)18-10(14)8(4)6-2/h7-8H,5-6H2,1-4H3. The summed E-state index contributed by atoms with van der Waals surface area (Å²) in [6, 6.07) is 0. The molecule has 0 aliphatic rings. The van der Waals surface area contributed by atoms with Gasteiger partial charge in [0, 0.05) is 0 Å². The highest BCUT2D eigenvalue weighted by atomic mass is 16.6. The van der Waals surface area contributed by atoms with Gasteiger partial charge in [0.1, 0.15) is 0 Å². The summed E-state index contributed by atoms with van der Waals surface area (Å²) in [6.45, 7) is 6.60. The van der Waals surface area contributed by atoms with Gasteiger partial charge in [0.15, 0.2) is 0 Å². The van der Waals surface area contributed by atoms with Crippen molar-refractivity contribution >= 4 is 23.9 Å². The van der Waals surface area contributed by atoms with Crippen LogP contribution in [0.2, 0.25) is 0 Å². The first-order valence-corrected chi connectivity index (χ1v) is 5.85. The van der Waals surface area contributed by atoms with E-state index in [4.69, 9.17) is 0 Å². The minimum absolute atomic E-state index is 0.479. The molecule has 0 amide bonds. The lowest BCUT2D eigenvalue weighted by Crippen LogP contribution is -2.29. The van der Waals surface area contributed by atoms with E-state index < -0.39 is 35.7 Å². The zero-order chi connectivity index (χ0) is 14.3. The largest absolute Gasteiger partial charge is 0.425 e. The number of ether oxygens (including phenoxy) is 2. The molecule has 0 bridgehead atoms. The van der Waals surface area contributed by atoms with E-state index in [1.165, 1.54) is 0 Å². The molecule has 2 atom stereocenters. The van der Waals surface area contributed by atoms with Gasteiger partial charge in [0.2, 0.25) is 0 Å². The van der Waals surface area contributed by atoms with Crippen molar-refractivity contribution in [3.05, 3.63) is 0 Å². The van der Waals surface area contributed by atoms with Crippen molar-refractivity contribution in [2.75, 3.05) is 0 Å². The van der Waals surface area contributed by atoms with Crippen LogP contribution < -0.4 is 0 Å². The molecule has 0 saturated carbocycles. The Hall–Kier alpha value is -1.72. The summed E-state index contributed by atoms with van der Waals surface area (Å²) in [7, 11) is 0. The summed E-state index contributed by atoms with van der Waals surface area (Å²) >= 11 is 0. The molecule has 0 aromatic rings. The van der Waals surface area contributed by atoms with Gasteiger partial charge in [-0.2, -0.15) is 0 Å². The highest BCUT2D eigenvalue weighted by molar-refractivity contribution is 6.33. The van der Waals surface area contributed by atoms with Crippen LogP contribution in [-0.2, 0) is 28.7 Å². The molecule has 0 N–H and O–H groups in total. The number of hydrogen-bond donors (Lipinski definition) is 0. The van der Waals surface area contributed by atoms with E-state index in [1.807, 2.05) is 0 Å². The maximum Gasteiger partial charge on any atom is 0.425 e. The van der Waals surface area contributed by atoms with Gasteiger partial charge in [-0.1, -0.05) is 27.7 Å². The fourth-order valence-electron chi connectivity index (χ4n) is 0.801. The van der Waals surface area contributed by atoms with Crippen molar-refractivity contribution in [2.45, 2.75) is 40.5 Å². The van der Waals surface area contributed by atoms with E-state index in [1.54, 1.807) is 27.7 Å². The van der Waals surface area contributed by atoms with E-state index in [0.717, 1.165) is 0 Å². The zero-order valence-electron chi connectivity index (χ0n) is 11.0. The Kier molecular flexibility index (Phi) is 6.85. The molecule has 0 heterocycles. The number of carbonyl (C=O) groups excluding carboxylic acids is 4. The van der Waals surface area contributed by atoms with Gasteiger partial charge in [-0.05, 0) is 12.8 Å². The molecule has 6 heteroatoms. The van der Waals surface area contributed by atoms with Gasteiger partial charge in [-0.25, -0.2) is 9.59 Å². The molecule has 0 radical (unpaired) electrons. The highest BCUT2D eigenvalue weighted by Gasteiger charge is 2.27. The van der Waals surface area contributed by atoms with Crippen LogP contribution in [-0.4, -0.2) is 23.9 Å². The minimum atomic E-state index is -1.46. The lowest BCUT2D eigenvalue weighted by Gasteiger charge is -2.08.